The summed E-state index contributed by atoms with van der Waals surface area (Å²) < 4.78 is 54.5. The second-order valence-corrected chi connectivity index (χ2v) is 9.15. The molecule has 1 aliphatic rings. The van der Waals surface area contributed by atoms with Gasteiger partial charge < -0.3 is 29.6 Å². The fourth-order valence-corrected chi connectivity index (χ4v) is 4.84. The van der Waals surface area contributed by atoms with Crippen molar-refractivity contribution in [2.45, 2.75) is 31.3 Å². The maximum absolute atomic E-state index is 11.5. The van der Waals surface area contributed by atoms with Gasteiger partial charge in [-0.2, -0.15) is 8.62 Å². The third-order valence-electron chi connectivity index (χ3n) is 2.65. The molecular weight excluding hydrogens is 385 g/mol. The number of phosphoric acid groups is 3. The van der Waals surface area contributed by atoms with Crippen molar-refractivity contribution in [1.82, 2.24) is 0 Å². The van der Waals surface area contributed by atoms with E-state index in [9.17, 15) is 28.8 Å². The van der Waals surface area contributed by atoms with Gasteiger partial charge in [0.2, 0.25) is 0 Å². The molecule has 1 aliphatic heterocycles. The van der Waals surface area contributed by atoms with E-state index in [1.807, 2.05) is 0 Å². The number of rotatable bonds is 8. The van der Waals surface area contributed by atoms with E-state index in [1.54, 1.807) is 0 Å². The molecule has 0 aliphatic carbocycles. The maximum Gasteiger partial charge on any atom is 0.490 e. The van der Waals surface area contributed by atoms with E-state index in [-0.39, 0.29) is 0 Å². The van der Waals surface area contributed by atoms with Gasteiger partial charge in [0.1, 0.15) is 18.3 Å². The summed E-state index contributed by atoms with van der Waals surface area (Å²) >= 11 is 0. The summed E-state index contributed by atoms with van der Waals surface area (Å²) in [5.74, 6) is 0. The Labute approximate surface area is 130 Å². The standard InChI is InChI=1S/C7H17O13P3/c1-4-6(8)7(9)5(18-4)3-17-22(12,13)20-23(14,15)19-21(10,11)16-2/h4-9H,3H2,1-2H3,(H,10,11)(H,12,13)(H,14,15)/t4-,5+,6+,7?/m0/s1. The Hall–Kier alpha value is 0.290. The van der Waals surface area contributed by atoms with Gasteiger partial charge in [0.05, 0.1) is 12.7 Å². The van der Waals surface area contributed by atoms with Gasteiger partial charge in [0, 0.05) is 7.11 Å². The molecule has 138 valence electrons. The summed E-state index contributed by atoms with van der Waals surface area (Å²) in [5, 5.41) is 19.0. The highest BCUT2D eigenvalue weighted by Gasteiger charge is 2.44. The van der Waals surface area contributed by atoms with Gasteiger partial charge in [-0.1, -0.05) is 0 Å². The van der Waals surface area contributed by atoms with Crippen LogP contribution in [0, 0.1) is 0 Å². The number of aliphatic hydroxyl groups excluding tert-OH is 2. The maximum atomic E-state index is 11.5. The second-order valence-electron chi connectivity index (χ2n) is 4.41. The SMILES string of the molecule is COP(=O)(O)OP(=O)(O)OP(=O)(O)OC[C@H]1O[C@@H](C)[C@@H](O)C1O. The summed E-state index contributed by atoms with van der Waals surface area (Å²) in [6.45, 7) is 0.652. The highest BCUT2D eigenvalue weighted by atomic mass is 31.3. The molecule has 0 aromatic heterocycles. The van der Waals surface area contributed by atoms with Crippen LogP contribution in [0.25, 0.3) is 0 Å². The lowest BCUT2D eigenvalue weighted by Gasteiger charge is -2.19. The highest BCUT2D eigenvalue weighted by molar-refractivity contribution is 7.66. The lowest BCUT2D eigenvalue weighted by molar-refractivity contribution is -0.0168. The second kappa shape index (κ2) is 7.67. The predicted octanol–water partition coefficient (Wildman–Crippen LogP) is -0.507. The summed E-state index contributed by atoms with van der Waals surface area (Å²) in [6, 6.07) is 0. The minimum Gasteiger partial charge on any atom is -0.388 e. The molecule has 1 heterocycles. The molecule has 0 bridgehead atoms. The first-order valence-electron chi connectivity index (χ1n) is 5.91. The van der Waals surface area contributed by atoms with Crippen LogP contribution >= 0.6 is 23.5 Å². The highest BCUT2D eigenvalue weighted by Crippen LogP contribution is 2.67. The van der Waals surface area contributed by atoms with Crippen LogP contribution in [0.1, 0.15) is 6.92 Å². The molecule has 1 fully saturated rings. The van der Waals surface area contributed by atoms with E-state index in [0.29, 0.717) is 7.11 Å². The fraction of sp³-hybridized carbons (Fsp3) is 1.00. The van der Waals surface area contributed by atoms with Crippen LogP contribution < -0.4 is 0 Å². The van der Waals surface area contributed by atoms with E-state index in [4.69, 9.17) is 14.5 Å². The Kier molecular flexibility index (Phi) is 7.12. The van der Waals surface area contributed by atoms with Crippen LogP contribution in [0.4, 0.5) is 0 Å². The van der Waals surface area contributed by atoms with E-state index in [2.05, 4.69) is 17.7 Å². The molecule has 0 saturated carbocycles. The smallest absolute Gasteiger partial charge is 0.388 e. The van der Waals surface area contributed by atoms with E-state index in [1.165, 1.54) is 6.92 Å². The minimum absolute atomic E-state index is 0.682. The number of ether oxygens (including phenoxy) is 1. The van der Waals surface area contributed by atoms with Crippen molar-refractivity contribution in [2.24, 2.45) is 0 Å². The van der Waals surface area contributed by atoms with Crippen LogP contribution in [0.2, 0.25) is 0 Å². The first kappa shape index (κ1) is 21.3. The topological polar surface area (TPSA) is 199 Å². The molecule has 0 spiro atoms. The van der Waals surface area contributed by atoms with Gasteiger partial charge in [0.15, 0.2) is 0 Å². The summed E-state index contributed by atoms with van der Waals surface area (Å²) in [4.78, 5) is 27.3. The van der Waals surface area contributed by atoms with Crippen molar-refractivity contribution < 1.29 is 61.0 Å². The summed E-state index contributed by atoms with van der Waals surface area (Å²) in [6.07, 6.45) is -4.65. The van der Waals surface area contributed by atoms with Crippen molar-refractivity contribution in [3.8, 4) is 0 Å². The number of phosphoric ester groups is 2. The Morgan fingerprint density at radius 1 is 0.957 bits per heavy atom. The van der Waals surface area contributed by atoms with Crippen LogP contribution in [-0.2, 0) is 36.1 Å². The normalized spacial score (nSPS) is 36.1. The Bertz CT molecular complexity index is 550. The average molecular weight is 402 g/mol. The van der Waals surface area contributed by atoms with Crippen LogP contribution in [0.5, 0.6) is 0 Å². The molecule has 0 aromatic carbocycles. The van der Waals surface area contributed by atoms with Crippen LogP contribution in [-0.4, -0.2) is 63.0 Å². The number of aliphatic hydroxyl groups is 2. The monoisotopic (exact) mass is 402 g/mol. The van der Waals surface area contributed by atoms with Crippen molar-refractivity contribution >= 4 is 23.5 Å². The van der Waals surface area contributed by atoms with Gasteiger partial charge in [-0.05, 0) is 6.92 Å². The van der Waals surface area contributed by atoms with Gasteiger partial charge >= 0.3 is 23.5 Å². The van der Waals surface area contributed by atoms with Gasteiger partial charge in [-0.3, -0.25) is 9.05 Å². The molecular formula is C7H17O13P3. The largest absolute Gasteiger partial charge is 0.490 e. The van der Waals surface area contributed by atoms with Crippen molar-refractivity contribution in [3.63, 3.8) is 0 Å². The zero-order valence-electron chi connectivity index (χ0n) is 11.9. The third kappa shape index (κ3) is 6.60. The third-order valence-corrected chi connectivity index (χ3v) is 6.89. The first-order valence-corrected chi connectivity index (χ1v) is 10.4. The Morgan fingerprint density at radius 3 is 1.91 bits per heavy atom. The Balaban J connectivity index is 2.61. The molecule has 16 heteroatoms. The molecule has 0 amide bonds. The lowest BCUT2D eigenvalue weighted by Crippen LogP contribution is -2.33. The minimum atomic E-state index is -5.48. The van der Waals surface area contributed by atoms with Crippen LogP contribution in [0.15, 0.2) is 0 Å². The molecule has 23 heavy (non-hydrogen) atoms. The van der Waals surface area contributed by atoms with Gasteiger partial charge in [0.25, 0.3) is 0 Å². The molecule has 0 radical (unpaired) electrons. The zero-order valence-corrected chi connectivity index (χ0v) is 14.5. The molecule has 5 N–H and O–H groups in total. The van der Waals surface area contributed by atoms with Crippen molar-refractivity contribution in [3.05, 3.63) is 0 Å². The molecule has 7 atom stereocenters. The molecule has 4 unspecified atom stereocenters. The summed E-state index contributed by atoms with van der Waals surface area (Å²) in [7, 11) is -15.0. The van der Waals surface area contributed by atoms with E-state index >= 15 is 0 Å². The molecule has 1 rings (SSSR count). The van der Waals surface area contributed by atoms with E-state index in [0.717, 1.165) is 0 Å². The predicted molar refractivity (Wildman–Crippen MR) is 71.0 cm³/mol. The van der Waals surface area contributed by atoms with Crippen molar-refractivity contribution in [2.75, 3.05) is 13.7 Å². The zero-order chi connectivity index (χ0) is 18.1. The quantitative estimate of drug-likeness (QED) is 0.326. The lowest BCUT2D eigenvalue weighted by atomic mass is 10.1. The molecule has 0 aromatic rings. The van der Waals surface area contributed by atoms with Crippen molar-refractivity contribution in [1.29, 1.82) is 0 Å². The molecule has 1 saturated heterocycles. The van der Waals surface area contributed by atoms with E-state index < -0.39 is 54.5 Å². The molecule has 13 nitrogen and oxygen atoms in total. The fourth-order valence-electron chi connectivity index (χ4n) is 1.57. The van der Waals surface area contributed by atoms with Gasteiger partial charge in [-0.25, -0.2) is 13.7 Å². The number of hydrogen-bond acceptors (Lipinski definition) is 10. The van der Waals surface area contributed by atoms with Gasteiger partial charge in [-0.15, -0.1) is 0 Å². The van der Waals surface area contributed by atoms with Crippen LogP contribution in [0.3, 0.4) is 0 Å². The number of hydrogen-bond donors (Lipinski definition) is 5. The average Bonchev–Trinajstić information content (AvgIpc) is 2.61. The summed E-state index contributed by atoms with van der Waals surface area (Å²) in [5.41, 5.74) is 0. The first-order chi connectivity index (χ1) is 10.3. The Morgan fingerprint density at radius 2 is 1.48 bits per heavy atom.